The maximum atomic E-state index is 12.8. The Kier molecular flexibility index (Phi) is 7.30. The predicted octanol–water partition coefficient (Wildman–Crippen LogP) is 3.51. The van der Waals surface area contributed by atoms with Crippen LogP contribution in [0.25, 0.3) is 10.8 Å². The van der Waals surface area contributed by atoms with Crippen LogP contribution in [0.5, 0.6) is 0 Å². The van der Waals surface area contributed by atoms with Crippen LogP contribution in [0, 0.1) is 0 Å². The van der Waals surface area contributed by atoms with Crippen LogP contribution in [0.2, 0.25) is 0 Å². The Balaban J connectivity index is 1.48. The molecule has 7 heteroatoms. The number of carbonyl (C=O) groups is 1. The Labute approximate surface area is 176 Å². The number of hydrogen-bond acceptors (Lipinski definition) is 4. The van der Waals surface area contributed by atoms with E-state index in [0.717, 1.165) is 26.6 Å². The molecule has 5 nitrogen and oxygen atoms in total. The summed E-state index contributed by atoms with van der Waals surface area (Å²) >= 11 is 1.72. The van der Waals surface area contributed by atoms with Gasteiger partial charge in [-0.3, -0.25) is 4.79 Å². The maximum Gasteiger partial charge on any atom is 0.243 e. The van der Waals surface area contributed by atoms with E-state index >= 15 is 0 Å². The highest BCUT2D eigenvalue weighted by molar-refractivity contribution is 7.98. The second-order valence-electron chi connectivity index (χ2n) is 6.66. The van der Waals surface area contributed by atoms with E-state index in [-0.39, 0.29) is 17.3 Å². The van der Waals surface area contributed by atoms with E-state index in [4.69, 9.17) is 0 Å². The van der Waals surface area contributed by atoms with Crippen LogP contribution in [-0.4, -0.2) is 44.5 Å². The predicted molar refractivity (Wildman–Crippen MR) is 119 cm³/mol. The molecule has 3 aromatic carbocycles. The molecule has 0 aliphatic rings. The van der Waals surface area contributed by atoms with Gasteiger partial charge in [-0.15, -0.1) is 0 Å². The van der Waals surface area contributed by atoms with Crippen molar-refractivity contribution in [2.45, 2.75) is 10.6 Å². The van der Waals surface area contributed by atoms with Crippen LogP contribution in [0.1, 0.15) is 5.56 Å². The first-order chi connectivity index (χ1) is 14.0. The van der Waals surface area contributed by atoms with E-state index in [1.807, 2.05) is 42.5 Å². The van der Waals surface area contributed by atoms with Gasteiger partial charge in [-0.2, -0.15) is 16.1 Å². The minimum Gasteiger partial charge on any atom is -0.354 e. The van der Waals surface area contributed by atoms with Gasteiger partial charge in [-0.1, -0.05) is 60.7 Å². The van der Waals surface area contributed by atoms with Crippen LogP contribution in [0.4, 0.5) is 0 Å². The summed E-state index contributed by atoms with van der Waals surface area (Å²) in [7, 11) is -2.30. The molecule has 0 saturated carbocycles. The lowest BCUT2D eigenvalue weighted by Gasteiger charge is -2.17. The Bertz CT molecular complexity index is 1070. The number of sulfonamides is 1. The Morgan fingerprint density at radius 2 is 1.66 bits per heavy atom. The van der Waals surface area contributed by atoms with E-state index in [0.29, 0.717) is 6.54 Å². The van der Waals surface area contributed by atoms with Gasteiger partial charge >= 0.3 is 0 Å². The molecule has 0 aliphatic carbocycles. The number of hydrogen-bond donors (Lipinski definition) is 1. The molecule has 3 aromatic rings. The Morgan fingerprint density at radius 1 is 0.966 bits per heavy atom. The topological polar surface area (TPSA) is 66.5 Å². The smallest absolute Gasteiger partial charge is 0.243 e. The third kappa shape index (κ3) is 5.82. The standard InChI is InChI=1S/C22H24N2O3S2/c1-24(16-22(25)23-13-14-28-17-18-7-3-2-4-8-18)29(26,27)21-12-11-19-9-5-6-10-20(19)15-21/h2-12,15H,13-14,16-17H2,1H3,(H,23,25). The molecule has 0 fully saturated rings. The molecular weight excluding hydrogens is 404 g/mol. The lowest BCUT2D eigenvalue weighted by molar-refractivity contribution is -0.121. The highest BCUT2D eigenvalue weighted by Gasteiger charge is 2.23. The van der Waals surface area contributed by atoms with Crippen molar-refractivity contribution < 1.29 is 13.2 Å². The highest BCUT2D eigenvalue weighted by Crippen LogP contribution is 2.21. The molecule has 1 N–H and O–H groups in total. The molecule has 0 spiro atoms. The van der Waals surface area contributed by atoms with Crippen LogP contribution in [-0.2, 0) is 20.6 Å². The van der Waals surface area contributed by atoms with Crippen molar-refractivity contribution in [2.75, 3.05) is 25.9 Å². The number of fused-ring (bicyclic) bond motifs is 1. The lowest BCUT2D eigenvalue weighted by Crippen LogP contribution is -2.39. The number of amides is 1. The lowest BCUT2D eigenvalue weighted by atomic mass is 10.1. The quantitative estimate of drug-likeness (QED) is 0.530. The molecular formula is C22H24N2O3S2. The molecule has 29 heavy (non-hydrogen) atoms. The number of thioether (sulfide) groups is 1. The molecule has 0 radical (unpaired) electrons. The molecule has 0 aromatic heterocycles. The maximum absolute atomic E-state index is 12.8. The fraction of sp³-hybridized carbons (Fsp3) is 0.227. The number of rotatable bonds is 9. The Morgan fingerprint density at radius 3 is 2.41 bits per heavy atom. The summed E-state index contributed by atoms with van der Waals surface area (Å²) in [5, 5.41) is 4.61. The largest absolute Gasteiger partial charge is 0.354 e. The molecule has 0 bridgehead atoms. The summed E-state index contributed by atoms with van der Waals surface area (Å²) < 4.78 is 26.7. The van der Waals surface area contributed by atoms with Crippen molar-refractivity contribution >= 4 is 38.5 Å². The number of nitrogens with zero attached hydrogens (tertiary/aromatic N) is 1. The second kappa shape index (κ2) is 9.91. The molecule has 152 valence electrons. The first kappa shape index (κ1) is 21.4. The summed E-state index contributed by atoms with van der Waals surface area (Å²) in [5.74, 6) is 1.34. The zero-order valence-electron chi connectivity index (χ0n) is 16.2. The number of nitrogens with one attached hydrogen (secondary N) is 1. The van der Waals surface area contributed by atoms with Gasteiger partial charge in [0.2, 0.25) is 15.9 Å². The van der Waals surface area contributed by atoms with Crippen molar-refractivity contribution in [2.24, 2.45) is 0 Å². The summed E-state index contributed by atoms with van der Waals surface area (Å²) in [5.41, 5.74) is 1.24. The average molecular weight is 429 g/mol. The van der Waals surface area contributed by atoms with E-state index in [9.17, 15) is 13.2 Å². The van der Waals surface area contributed by atoms with Gasteiger partial charge in [0, 0.05) is 25.1 Å². The van der Waals surface area contributed by atoms with E-state index in [2.05, 4.69) is 17.4 Å². The normalized spacial score (nSPS) is 11.7. The minimum absolute atomic E-state index is 0.185. The van der Waals surface area contributed by atoms with Crippen LogP contribution < -0.4 is 5.32 Å². The van der Waals surface area contributed by atoms with Crippen LogP contribution in [0.3, 0.4) is 0 Å². The third-order valence-corrected chi connectivity index (χ3v) is 7.31. The van der Waals surface area contributed by atoms with Crippen LogP contribution >= 0.6 is 11.8 Å². The zero-order valence-corrected chi connectivity index (χ0v) is 17.9. The molecule has 3 rings (SSSR count). The van der Waals surface area contributed by atoms with Crippen molar-refractivity contribution in [3.05, 3.63) is 78.4 Å². The SMILES string of the molecule is CN(CC(=O)NCCSCc1ccccc1)S(=O)(=O)c1ccc2ccccc2c1. The van der Waals surface area contributed by atoms with Gasteiger partial charge in [-0.05, 0) is 28.5 Å². The van der Waals surface area contributed by atoms with Gasteiger partial charge in [0.15, 0.2) is 0 Å². The van der Waals surface area contributed by atoms with Crippen molar-refractivity contribution in [3.63, 3.8) is 0 Å². The average Bonchev–Trinajstić information content (AvgIpc) is 2.73. The van der Waals surface area contributed by atoms with Crippen molar-refractivity contribution in [1.82, 2.24) is 9.62 Å². The molecule has 0 atom stereocenters. The van der Waals surface area contributed by atoms with Gasteiger partial charge in [0.25, 0.3) is 0 Å². The monoisotopic (exact) mass is 428 g/mol. The highest BCUT2D eigenvalue weighted by atomic mass is 32.2. The number of benzene rings is 3. The first-order valence-electron chi connectivity index (χ1n) is 9.30. The van der Waals surface area contributed by atoms with Gasteiger partial charge in [0.1, 0.15) is 0 Å². The second-order valence-corrected chi connectivity index (χ2v) is 9.81. The van der Waals surface area contributed by atoms with Gasteiger partial charge in [0.05, 0.1) is 11.4 Å². The number of carbonyl (C=O) groups excluding carboxylic acids is 1. The third-order valence-electron chi connectivity index (χ3n) is 4.48. The van der Waals surface area contributed by atoms with E-state index in [1.54, 1.807) is 30.0 Å². The van der Waals surface area contributed by atoms with Crippen molar-refractivity contribution in [3.8, 4) is 0 Å². The summed E-state index contributed by atoms with van der Waals surface area (Å²) in [6.07, 6.45) is 0. The number of likely N-dealkylation sites (N-methyl/N-ethyl adjacent to an activating group) is 1. The zero-order chi connectivity index (χ0) is 20.7. The minimum atomic E-state index is -3.73. The van der Waals surface area contributed by atoms with E-state index in [1.165, 1.54) is 12.6 Å². The molecule has 0 saturated heterocycles. The van der Waals surface area contributed by atoms with Gasteiger partial charge < -0.3 is 5.32 Å². The molecule has 0 unspecified atom stereocenters. The summed E-state index contributed by atoms with van der Waals surface area (Å²) in [6, 6.07) is 22.7. The summed E-state index contributed by atoms with van der Waals surface area (Å²) in [4.78, 5) is 12.3. The fourth-order valence-corrected chi connectivity index (χ4v) is 4.86. The first-order valence-corrected chi connectivity index (χ1v) is 11.9. The Hall–Kier alpha value is -2.35. The fourth-order valence-electron chi connectivity index (χ4n) is 2.88. The molecule has 0 aliphatic heterocycles. The van der Waals surface area contributed by atoms with Gasteiger partial charge in [-0.25, -0.2) is 8.42 Å². The van der Waals surface area contributed by atoms with Crippen molar-refractivity contribution in [1.29, 1.82) is 0 Å². The summed E-state index contributed by atoms with van der Waals surface area (Å²) in [6.45, 7) is 0.290. The molecule has 1 amide bonds. The van der Waals surface area contributed by atoms with E-state index < -0.39 is 10.0 Å². The van der Waals surface area contributed by atoms with Crippen LogP contribution in [0.15, 0.2) is 77.7 Å². The molecule has 0 heterocycles.